The normalized spacial score (nSPS) is 13.3. The van der Waals surface area contributed by atoms with E-state index in [9.17, 15) is 9.90 Å². The van der Waals surface area contributed by atoms with Gasteiger partial charge in [0.15, 0.2) is 0 Å². The Bertz CT molecular complexity index is 688. The predicted octanol–water partition coefficient (Wildman–Crippen LogP) is 1.71. The zero-order chi connectivity index (χ0) is 15.6. The minimum atomic E-state index is -0.230. The Morgan fingerprint density at radius 2 is 2.14 bits per heavy atom. The van der Waals surface area contributed by atoms with Gasteiger partial charge in [-0.3, -0.25) is 9.78 Å². The molecule has 1 unspecified atom stereocenters. The monoisotopic (exact) mass is 290 g/mol. The maximum Gasteiger partial charge on any atom is 0.260 e. The standard InChI is InChI=1S/C15H22N4O2/c1-15(2,3)12(6-7-20)18-14-17-11-5-4-9(16)8-10(11)13(21)19-14/h4-5,8,12,20H,6-7,16H2,1-3H3,(H2,17,18,19,21). The van der Waals surface area contributed by atoms with Crippen LogP contribution < -0.4 is 16.6 Å². The Labute approximate surface area is 123 Å². The summed E-state index contributed by atoms with van der Waals surface area (Å²) in [7, 11) is 0. The van der Waals surface area contributed by atoms with Crippen LogP contribution in [0.25, 0.3) is 10.9 Å². The van der Waals surface area contributed by atoms with E-state index in [1.165, 1.54) is 0 Å². The van der Waals surface area contributed by atoms with E-state index in [2.05, 4.69) is 36.1 Å². The van der Waals surface area contributed by atoms with Crippen molar-refractivity contribution in [3.8, 4) is 0 Å². The fraction of sp³-hybridized carbons (Fsp3) is 0.467. The molecular formula is C15H22N4O2. The third-order valence-electron chi connectivity index (χ3n) is 3.50. The zero-order valence-corrected chi connectivity index (χ0v) is 12.6. The fourth-order valence-electron chi connectivity index (χ4n) is 2.24. The number of nitrogen functional groups attached to an aromatic ring is 1. The number of nitrogens with two attached hydrogens (primary N) is 1. The van der Waals surface area contributed by atoms with Crippen molar-refractivity contribution in [1.29, 1.82) is 0 Å². The van der Waals surface area contributed by atoms with Crippen LogP contribution in [0.15, 0.2) is 23.0 Å². The van der Waals surface area contributed by atoms with Crippen molar-refractivity contribution in [3.05, 3.63) is 28.6 Å². The number of nitrogens with one attached hydrogen (secondary N) is 2. The SMILES string of the molecule is CC(C)(C)C(CCO)Nc1nc2ccc(N)cc2c(=O)[nH]1. The van der Waals surface area contributed by atoms with Crippen LogP contribution in [0.4, 0.5) is 11.6 Å². The summed E-state index contributed by atoms with van der Waals surface area (Å²) in [6.45, 7) is 6.28. The molecule has 0 fully saturated rings. The van der Waals surface area contributed by atoms with E-state index in [-0.39, 0.29) is 23.6 Å². The fourth-order valence-corrected chi connectivity index (χ4v) is 2.24. The van der Waals surface area contributed by atoms with Crippen molar-refractivity contribution < 1.29 is 5.11 Å². The van der Waals surface area contributed by atoms with Crippen LogP contribution in [0.1, 0.15) is 27.2 Å². The number of H-pyrrole nitrogens is 1. The van der Waals surface area contributed by atoms with Crippen molar-refractivity contribution in [2.75, 3.05) is 17.7 Å². The molecule has 0 aliphatic heterocycles. The van der Waals surface area contributed by atoms with Gasteiger partial charge in [0.1, 0.15) is 0 Å². The van der Waals surface area contributed by atoms with Gasteiger partial charge in [0.2, 0.25) is 5.95 Å². The Balaban J connectivity index is 2.38. The molecule has 0 aliphatic rings. The van der Waals surface area contributed by atoms with Gasteiger partial charge in [0, 0.05) is 18.3 Å². The van der Waals surface area contributed by atoms with Gasteiger partial charge in [-0.15, -0.1) is 0 Å². The summed E-state index contributed by atoms with van der Waals surface area (Å²) in [6, 6.07) is 5.05. The molecule has 0 saturated heterocycles. The second-order valence-corrected chi connectivity index (χ2v) is 6.27. The van der Waals surface area contributed by atoms with Crippen LogP contribution in [-0.4, -0.2) is 27.7 Å². The number of nitrogens with zero attached hydrogens (tertiary/aromatic N) is 1. The first-order chi connectivity index (χ1) is 9.81. The van der Waals surface area contributed by atoms with Crippen LogP contribution in [0, 0.1) is 5.41 Å². The molecule has 21 heavy (non-hydrogen) atoms. The number of aromatic amines is 1. The van der Waals surface area contributed by atoms with Crippen molar-refractivity contribution in [2.24, 2.45) is 5.41 Å². The number of hydrogen-bond donors (Lipinski definition) is 4. The maximum absolute atomic E-state index is 12.1. The summed E-state index contributed by atoms with van der Waals surface area (Å²) in [5.74, 6) is 0.408. The zero-order valence-electron chi connectivity index (χ0n) is 12.6. The topological polar surface area (TPSA) is 104 Å². The molecule has 1 aromatic heterocycles. The van der Waals surface area contributed by atoms with E-state index in [0.29, 0.717) is 29.0 Å². The van der Waals surface area contributed by atoms with Gasteiger partial charge in [-0.1, -0.05) is 20.8 Å². The largest absolute Gasteiger partial charge is 0.399 e. The number of benzene rings is 1. The molecule has 0 spiro atoms. The molecule has 0 saturated carbocycles. The lowest BCUT2D eigenvalue weighted by Gasteiger charge is -2.31. The van der Waals surface area contributed by atoms with Crippen LogP contribution >= 0.6 is 0 Å². The number of anilines is 2. The highest BCUT2D eigenvalue weighted by Gasteiger charge is 2.24. The first-order valence-corrected chi connectivity index (χ1v) is 6.98. The maximum atomic E-state index is 12.1. The lowest BCUT2D eigenvalue weighted by Crippen LogP contribution is -2.36. The third-order valence-corrected chi connectivity index (χ3v) is 3.50. The van der Waals surface area contributed by atoms with Gasteiger partial charge in [-0.25, -0.2) is 4.98 Å². The molecule has 2 rings (SSSR count). The molecule has 6 nitrogen and oxygen atoms in total. The first-order valence-electron chi connectivity index (χ1n) is 6.98. The number of rotatable bonds is 4. The van der Waals surface area contributed by atoms with E-state index in [1.54, 1.807) is 18.2 Å². The van der Waals surface area contributed by atoms with Gasteiger partial charge in [-0.05, 0) is 30.0 Å². The van der Waals surface area contributed by atoms with Crippen LogP contribution in [0.2, 0.25) is 0 Å². The Kier molecular flexibility index (Phi) is 4.18. The number of hydrogen-bond acceptors (Lipinski definition) is 5. The van der Waals surface area contributed by atoms with Crippen molar-refractivity contribution in [1.82, 2.24) is 9.97 Å². The second kappa shape index (κ2) is 5.73. The summed E-state index contributed by atoms with van der Waals surface area (Å²) >= 11 is 0. The predicted molar refractivity (Wildman–Crippen MR) is 85.3 cm³/mol. The average molecular weight is 290 g/mol. The summed E-state index contributed by atoms with van der Waals surface area (Å²) in [5, 5.41) is 12.9. The summed E-state index contributed by atoms with van der Waals surface area (Å²) in [6.07, 6.45) is 0.576. The summed E-state index contributed by atoms with van der Waals surface area (Å²) in [4.78, 5) is 19.2. The van der Waals surface area contributed by atoms with E-state index < -0.39 is 0 Å². The van der Waals surface area contributed by atoms with Crippen LogP contribution in [-0.2, 0) is 0 Å². The van der Waals surface area contributed by atoms with E-state index in [4.69, 9.17) is 5.73 Å². The van der Waals surface area contributed by atoms with Gasteiger partial charge in [0.05, 0.1) is 10.9 Å². The van der Waals surface area contributed by atoms with Crippen LogP contribution in [0.5, 0.6) is 0 Å². The number of aliphatic hydroxyl groups is 1. The molecule has 0 amide bonds. The van der Waals surface area contributed by atoms with Crippen LogP contribution in [0.3, 0.4) is 0 Å². The Morgan fingerprint density at radius 3 is 2.76 bits per heavy atom. The lowest BCUT2D eigenvalue weighted by atomic mass is 9.85. The Morgan fingerprint density at radius 1 is 1.43 bits per heavy atom. The number of fused-ring (bicyclic) bond motifs is 1. The number of aliphatic hydroxyl groups excluding tert-OH is 1. The average Bonchev–Trinajstić information content (AvgIpc) is 2.38. The van der Waals surface area contributed by atoms with Crippen molar-refractivity contribution in [2.45, 2.75) is 33.2 Å². The molecular weight excluding hydrogens is 268 g/mol. The molecule has 1 aromatic carbocycles. The molecule has 2 aromatic rings. The quantitative estimate of drug-likeness (QED) is 0.642. The smallest absolute Gasteiger partial charge is 0.260 e. The first kappa shape index (κ1) is 15.3. The minimum absolute atomic E-state index is 0.00289. The molecule has 0 radical (unpaired) electrons. The summed E-state index contributed by atoms with van der Waals surface area (Å²) < 4.78 is 0. The molecule has 0 aliphatic carbocycles. The van der Waals surface area contributed by atoms with Crippen molar-refractivity contribution in [3.63, 3.8) is 0 Å². The minimum Gasteiger partial charge on any atom is -0.399 e. The van der Waals surface area contributed by atoms with Gasteiger partial charge in [-0.2, -0.15) is 0 Å². The summed E-state index contributed by atoms with van der Waals surface area (Å²) in [5.41, 5.74) is 6.50. The van der Waals surface area contributed by atoms with Gasteiger partial charge >= 0.3 is 0 Å². The number of aromatic nitrogens is 2. The molecule has 1 heterocycles. The highest BCUT2D eigenvalue weighted by molar-refractivity contribution is 5.81. The van der Waals surface area contributed by atoms with E-state index in [1.807, 2.05) is 0 Å². The third kappa shape index (κ3) is 3.52. The van der Waals surface area contributed by atoms with Gasteiger partial charge < -0.3 is 16.2 Å². The molecule has 5 N–H and O–H groups in total. The molecule has 1 atom stereocenters. The Hall–Kier alpha value is -2.08. The van der Waals surface area contributed by atoms with Gasteiger partial charge in [0.25, 0.3) is 5.56 Å². The van der Waals surface area contributed by atoms with E-state index >= 15 is 0 Å². The highest BCUT2D eigenvalue weighted by Crippen LogP contribution is 2.24. The second-order valence-electron chi connectivity index (χ2n) is 6.27. The highest BCUT2D eigenvalue weighted by atomic mass is 16.3. The molecule has 114 valence electrons. The van der Waals surface area contributed by atoms with E-state index in [0.717, 1.165) is 0 Å². The molecule has 0 bridgehead atoms. The lowest BCUT2D eigenvalue weighted by molar-refractivity contribution is 0.235. The molecule has 6 heteroatoms. The van der Waals surface area contributed by atoms with Crippen molar-refractivity contribution >= 4 is 22.5 Å².